The number of allylic oxidation sites excluding steroid dienone is 4. The largest absolute Gasteiger partial charge is 0.476 e. The maximum absolute atomic E-state index is 13.2. The molecule has 1 aromatic carbocycles. The molecule has 1 N–H and O–H groups in total. The number of unbranched alkanes of at least 4 members (excludes halogenated alkanes) is 1. The van der Waals surface area contributed by atoms with Crippen LogP contribution in [0.5, 0.6) is 0 Å². The average molecular weight is 436 g/mol. The number of hydrogen-bond acceptors (Lipinski definition) is 4. The van der Waals surface area contributed by atoms with Crippen LogP contribution in [0.1, 0.15) is 63.5 Å². The summed E-state index contributed by atoms with van der Waals surface area (Å²) >= 11 is 0. The summed E-state index contributed by atoms with van der Waals surface area (Å²) in [5.41, 5.74) is 0.272. The number of ketones is 3. The van der Waals surface area contributed by atoms with E-state index in [1.165, 1.54) is 32.9 Å². The Bertz CT molecular complexity index is 999. The first-order valence-corrected chi connectivity index (χ1v) is 9.77. The predicted octanol–water partition coefficient (Wildman–Crippen LogP) is 4.81. The van der Waals surface area contributed by atoms with Gasteiger partial charge in [-0.3, -0.25) is 14.4 Å². The number of carbonyl (C=O) groups excluding carboxylic acids is 3. The number of rotatable bonds is 8. The molecule has 2 rings (SSSR count). The van der Waals surface area contributed by atoms with E-state index in [0.29, 0.717) is 12.0 Å². The standard InChI is InChI=1S/C23H23F3O5/c1-12-13(2)21(29)19(14(3)20(12)28)17(9-4-5-10-18(27)22(30)31)15-7-6-8-16(11-15)23(24,25)26/h6-8,11,17H,4-5,9-10H2,1-3H3,(H,30,31). The van der Waals surface area contributed by atoms with Gasteiger partial charge in [0.15, 0.2) is 11.6 Å². The molecule has 0 heterocycles. The highest BCUT2D eigenvalue weighted by molar-refractivity contribution is 6.32. The van der Waals surface area contributed by atoms with E-state index in [4.69, 9.17) is 5.11 Å². The van der Waals surface area contributed by atoms with Gasteiger partial charge in [0.25, 0.3) is 0 Å². The van der Waals surface area contributed by atoms with Crippen molar-refractivity contribution in [1.29, 1.82) is 0 Å². The Labute approximate surface area is 177 Å². The van der Waals surface area contributed by atoms with Gasteiger partial charge in [-0.2, -0.15) is 13.2 Å². The summed E-state index contributed by atoms with van der Waals surface area (Å²) in [6.45, 7) is 4.53. The lowest BCUT2D eigenvalue weighted by Crippen LogP contribution is -2.25. The van der Waals surface area contributed by atoms with Gasteiger partial charge in [0.2, 0.25) is 5.78 Å². The molecule has 31 heavy (non-hydrogen) atoms. The van der Waals surface area contributed by atoms with Crippen LogP contribution in [0.15, 0.2) is 46.6 Å². The number of halogens is 3. The van der Waals surface area contributed by atoms with Crippen molar-refractivity contribution in [1.82, 2.24) is 0 Å². The fourth-order valence-electron chi connectivity index (χ4n) is 3.69. The van der Waals surface area contributed by atoms with Crippen LogP contribution in [0.3, 0.4) is 0 Å². The summed E-state index contributed by atoms with van der Waals surface area (Å²) in [6.07, 6.45) is -4.11. The molecule has 0 spiro atoms. The molecule has 0 fully saturated rings. The second kappa shape index (κ2) is 9.41. The SMILES string of the molecule is CC1=C(C)C(=O)C(C(CCCCC(=O)C(=O)O)c2cccc(C(F)(F)F)c2)=C(C)C1=O. The minimum atomic E-state index is -4.57. The predicted molar refractivity (Wildman–Crippen MR) is 106 cm³/mol. The Hall–Kier alpha value is -3.03. The normalized spacial score (nSPS) is 16.1. The maximum atomic E-state index is 13.2. The second-order valence-corrected chi connectivity index (χ2v) is 7.60. The minimum absolute atomic E-state index is 0.150. The molecule has 0 saturated heterocycles. The van der Waals surface area contributed by atoms with E-state index in [1.807, 2.05) is 0 Å². The van der Waals surface area contributed by atoms with E-state index in [-0.39, 0.29) is 47.3 Å². The third-order valence-electron chi connectivity index (χ3n) is 5.58. The highest BCUT2D eigenvalue weighted by Gasteiger charge is 2.35. The van der Waals surface area contributed by atoms with Crippen LogP contribution in [0, 0.1) is 0 Å². The molecule has 8 heteroatoms. The van der Waals surface area contributed by atoms with E-state index < -0.39 is 35.2 Å². The van der Waals surface area contributed by atoms with E-state index in [9.17, 15) is 32.3 Å². The Morgan fingerprint density at radius 2 is 1.58 bits per heavy atom. The lowest BCUT2D eigenvalue weighted by Gasteiger charge is -2.27. The molecule has 0 amide bonds. The van der Waals surface area contributed by atoms with Crippen molar-refractivity contribution in [3.05, 3.63) is 57.7 Å². The third-order valence-corrected chi connectivity index (χ3v) is 5.58. The zero-order valence-corrected chi connectivity index (χ0v) is 17.4. The number of alkyl halides is 3. The molecule has 0 bridgehead atoms. The maximum Gasteiger partial charge on any atom is 0.416 e. The van der Waals surface area contributed by atoms with Gasteiger partial charge in [0, 0.05) is 34.6 Å². The molecule has 1 aliphatic rings. The molecule has 1 atom stereocenters. The van der Waals surface area contributed by atoms with Gasteiger partial charge in [-0.1, -0.05) is 24.6 Å². The molecule has 1 aliphatic carbocycles. The smallest absolute Gasteiger partial charge is 0.416 e. The summed E-state index contributed by atoms with van der Waals surface area (Å²) in [4.78, 5) is 47.6. The molecule has 1 unspecified atom stereocenters. The molecule has 166 valence electrons. The number of benzene rings is 1. The van der Waals surface area contributed by atoms with E-state index in [1.54, 1.807) is 0 Å². The minimum Gasteiger partial charge on any atom is -0.476 e. The van der Waals surface area contributed by atoms with Crippen molar-refractivity contribution in [3.8, 4) is 0 Å². The first-order valence-electron chi connectivity index (χ1n) is 9.77. The van der Waals surface area contributed by atoms with Gasteiger partial charge in [0.05, 0.1) is 5.56 Å². The van der Waals surface area contributed by atoms with Gasteiger partial charge < -0.3 is 5.11 Å². The van der Waals surface area contributed by atoms with Crippen molar-refractivity contribution in [3.63, 3.8) is 0 Å². The molecule has 0 saturated carbocycles. The van der Waals surface area contributed by atoms with Gasteiger partial charge >= 0.3 is 12.1 Å². The van der Waals surface area contributed by atoms with Gasteiger partial charge in [-0.25, -0.2) is 4.79 Å². The lowest BCUT2D eigenvalue weighted by atomic mass is 9.75. The fourth-order valence-corrected chi connectivity index (χ4v) is 3.69. The Morgan fingerprint density at radius 3 is 2.16 bits per heavy atom. The zero-order valence-electron chi connectivity index (χ0n) is 17.4. The summed E-state index contributed by atoms with van der Waals surface area (Å²) in [5.74, 6) is -4.01. The average Bonchev–Trinajstić information content (AvgIpc) is 2.71. The molecule has 1 aromatic rings. The highest BCUT2D eigenvalue weighted by Crippen LogP contribution is 2.39. The molecule has 0 radical (unpaired) electrons. The molecule has 5 nitrogen and oxygen atoms in total. The van der Waals surface area contributed by atoms with Crippen LogP contribution in [0.4, 0.5) is 13.2 Å². The van der Waals surface area contributed by atoms with Gasteiger partial charge in [0.1, 0.15) is 0 Å². The van der Waals surface area contributed by atoms with E-state index in [2.05, 4.69) is 0 Å². The van der Waals surface area contributed by atoms with Crippen LogP contribution >= 0.6 is 0 Å². The van der Waals surface area contributed by atoms with E-state index in [0.717, 1.165) is 12.1 Å². The molecular weight excluding hydrogens is 413 g/mol. The summed E-state index contributed by atoms with van der Waals surface area (Å²) in [7, 11) is 0. The zero-order chi connectivity index (χ0) is 23.5. The number of aliphatic carboxylic acids is 1. The Kier molecular flexibility index (Phi) is 7.36. The van der Waals surface area contributed by atoms with Gasteiger partial charge in [-0.05, 0) is 45.2 Å². The van der Waals surface area contributed by atoms with Crippen molar-refractivity contribution < 1.29 is 37.5 Å². The van der Waals surface area contributed by atoms with Crippen molar-refractivity contribution in [2.75, 3.05) is 0 Å². The second-order valence-electron chi connectivity index (χ2n) is 7.60. The number of carboxylic acids is 1. The van der Waals surface area contributed by atoms with Crippen LogP contribution in [-0.4, -0.2) is 28.4 Å². The number of hydrogen-bond donors (Lipinski definition) is 1. The quantitative estimate of drug-likeness (QED) is 0.359. The highest BCUT2D eigenvalue weighted by atomic mass is 19.4. The lowest BCUT2D eigenvalue weighted by molar-refractivity contribution is -0.149. The van der Waals surface area contributed by atoms with Crippen molar-refractivity contribution in [2.45, 2.75) is 58.5 Å². The molecule has 0 aliphatic heterocycles. The summed E-state index contributed by atoms with van der Waals surface area (Å²) in [5, 5.41) is 8.68. The monoisotopic (exact) mass is 436 g/mol. The van der Waals surface area contributed by atoms with E-state index >= 15 is 0 Å². The number of Topliss-reactive ketones (excluding diaryl/α,β-unsaturated/α-hetero) is 3. The molecule has 0 aromatic heterocycles. The summed E-state index contributed by atoms with van der Waals surface area (Å²) < 4.78 is 39.7. The Morgan fingerprint density at radius 1 is 0.968 bits per heavy atom. The summed E-state index contributed by atoms with van der Waals surface area (Å²) in [6, 6.07) is 4.61. The molecular formula is C23H23F3O5. The van der Waals surface area contributed by atoms with Crippen molar-refractivity contribution in [2.24, 2.45) is 0 Å². The van der Waals surface area contributed by atoms with Crippen LogP contribution in [0.25, 0.3) is 0 Å². The fraction of sp³-hybridized carbons (Fsp3) is 0.391. The van der Waals surface area contributed by atoms with Crippen LogP contribution in [0.2, 0.25) is 0 Å². The van der Waals surface area contributed by atoms with Crippen molar-refractivity contribution >= 4 is 23.3 Å². The van der Waals surface area contributed by atoms with Crippen LogP contribution in [-0.2, 0) is 25.4 Å². The first-order chi connectivity index (χ1) is 14.4. The first kappa shape index (κ1) is 24.2. The number of carbonyl (C=O) groups is 4. The third kappa shape index (κ3) is 5.37. The number of carboxylic acid groups (broad SMARTS) is 1. The van der Waals surface area contributed by atoms with Gasteiger partial charge in [-0.15, -0.1) is 0 Å². The topological polar surface area (TPSA) is 88.5 Å². The van der Waals surface area contributed by atoms with Crippen LogP contribution < -0.4 is 0 Å². The Balaban J connectivity index is 2.44.